The van der Waals surface area contributed by atoms with Crippen LogP contribution in [0.4, 0.5) is 0 Å². The highest BCUT2D eigenvalue weighted by Crippen LogP contribution is 2.28. The summed E-state index contributed by atoms with van der Waals surface area (Å²) in [5.41, 5.74) is 0.670. The summed E-state index contributed by atoms with van der Waals surface area (Å²) < 4.78 is 21.6. The van der Waals surface area contributed by atoms with Crippen LogP contribution in [0.15, 0.2) is 18.2 Å². The van der Waals surface area contributed by atoms with Crippen LogP contribution in [0.1, 0.15) is 5.56 Å². The second-order valence-corrected chi connectivity index (χ2v) is 7.67. The number of phenols is 1. The van der Waals surface area contributed by atoms with Gasteiger partial charge >= 0.3 is 0 Å². The zero-order chi connectivity index (χ0) is 22.9. The van der Waals surface area contributed by atoms with Crippen LogP contribution in [0.2, 0.25) is 0 Å². The van der Waals surface area contributed by atoms with E-state index in [2.05, 4.69) is 0 Å². The van der Waals surface area contributed by atoms with Gasteiger partial charge in [-0.3, -0.25) is 0 Å². The summed E-state index contributed by atoms with van der Waals surface area (Å²) in [6, 6.07) is 4.33. The molecule has 10 atom stereocenters. The average Bonchev–Trinajstić information content (AvgIpc) is 2.72. The lowest BCUT2D eigenvalue weighted by Crippen LogP contribution is -2.62. The number of aliphatic hydroxyl groups excluding tert-OH is 7. The molecule has 0 radical (unpaired) electrons. The molecule has 1 aromatic carbocycles. The molecular formula is C19H28O12. The van der Waals surface area contributed by atoms with E-state index in [-0.39, 0.29) is 11.5 Å². The third-order valence-corrected chi connectivity index (χ3v) is 5.23. The van der Waals surface area contributed by atoms with Gasteiger partial charge in [-0.25, -0.2) is 0 Å². The molecule has 31 heavy (non-hydrogen) atoms. The van der Waals surface area contributed by atoms with Crippen molar-refractivity contribution in [1.29, 1.82) is 0 Å². The molecule has 12 nitrogen and oxygen atoms in total. The number of rotatable bonds is 6. The van der Waals surface area contributed by atoms with Crippen LogP contribution in [0.3, 0.4) is 0 Å². The molecule has 8 N–H and O–H groups in total. The number of aryl methyl sites for hydroxylation is 1. The van der Waals surface area contributed by atoms with E-state index < -0.39 is 74.6 Å². The molecule has 0 saturated carbocycles. The van der Waals surface area contributed by atoms with Gasteiger partial charge < -0.3 is 59.8 Å². The summed E-state index contributed by atoms with van der Waals surface area (Å²) in [4.78, 5) is 0. The minimum Gasteiger partial charge on any atom is -0.508 e. The molecule has 176 valence electrons. The van der Waals surface area contributed by atoms with Crippen LogP contribution in [0.25, 0.3) is 0 Å². The van der Waals surface area contributed by atoms with Crippen LogP contribution in [-0.4, -0.2) is 115 Å². The minimum atomic E-state index is -1.67. The van der Waals surface area contributed by atoms with Gasteiger partial charge in [0.05, 0.1) is 13.2 Å². The fourth-order valence-electron chi connectivity index (χ4n) is 3.48. The molecule has 2 aliphatic rings. The van der Waals surface area contributed by atoms with Crippen molar-refractivity contribution in [2.24, 2.45) is 0 Å². The van der Waals surface area contributed by atoms with Gasteiger partial charge in [0.25, 0.3) is 0 Å². The van der Waals surface area contributed by atoms with Crippen molar-refractivity contribution in [3.05, 3.63) is 23.8 Å². The van der Waals surface area contributed by atoms with Crippen molar-refractivity contribution in [2.75, 3.05) is 13.2 Å². The molecule has 0 amide bonds. The molecule has 2 fully saturated rings. The number of benzene rings is 1. The summed E-state index contributed by atoms with van der Waals surface area (Å²) in [6.07, 6.45) is -15.1. The van der Waals surface area contributed by atoms with Gasteiger partial charge in [-0.1, -0.05) is 0 Å². The normalized spacial score (nSPS) is 41.2. The van der Waals surface area contributed by atoms with Crippen LogP contribution >= 0.6 is 0 Å². The molecule has 12 heteroatoms. The highest BCUT2D eigenvalue weighted by Gasteiger charge is 2.47. The van der Waals surface area contributed by atoms with Gasteiger partial charge in [0.15, 0.2) is 6.29 Å². The lowest BCUT2D eigenvalue weighted by Gasteiger charge is -2.42. The SMILES string of the molecule is Cc1cc(O)cc(OC2OC(COC3OC(CO)C(O)C(O)C3O)C(O)C(O)C2O)c1. The third kappa shape index (κ3) is 5.26. The lowest BCUT2D eigenvalue weighted by atomic mass is 9.98. The van der Waals surface area contributed by atoms with E-state index in [4.69, 9.17) is 18.9 Å². The second kappa shape index (κ2) is 9.92. The Morgan fingerprint density at radius 1 is 0.774 bits per heavy atom. The van der Waals surface area contributed by atoms with Crippen LogP contribution in [0.5, 0.6) is 11.5 Å². The van der Waals surface area contributed by atoms with Crippen LogP contribution in [-0.2, 0) is 14.2 Å². The first-order chi connectivity index (χ1) is 14.6. The predicted molar refractivity (Wildman–Crippen MR) is 99.9 cm³/mol. The zero-order valence-electron chi connectivity index (χ0n) is 16.6. The van der Waals surface area contributed by atoms with Gasteiger partial charge in [-0.15, -0.1) is 0 Å². The monoisotopic (exact) mass is 448 g/mol. The average molecular weight is 448 g/mol. The molecule has 0 spiro atoms. The minimum absolute atomic E-state index is 0.0802. The fraction of sp³-hybridized carbons (Fsp3) is 0.684. The van der Waals surface area contributed by atoms with Crippen molar-refractivity contribution >= 4 is 0 Å². The molecule has 1 aromatic rings. The van der Waals surface area contributed by atoms with Crippen molar-refractivity contribution in [3.63, 3.8) is 0 Å². The van der Waals surface area contributed by atoms with Gasteiger partial charge in [0, 0.05) is 6.07 Å². The maximum absolute atomic E-state index is 10.2. The topological polar surface area (TPSA) is 199 Å². The molecule has 2 aliphatic heterocycles. The van der Waals surface area contributed by atoms with Gasteiger partial charge in [0.1, 0.15) is 60.3 Å². The highest BCUT2D eigenvalue weighted by atomic mass is 16.7. The number of hydrogen-bond donors (Lipinski definition) is 8. The summed E-state index contributed by atoms with van der Waals surface area (Å²) >= 11 is 0. The third-order valence-electron chi connectivity index (χ3n) is 5.23. The Bertz CT molecular complexity index is 710. The summed E-state index contributed by atoms with van der Waals surface area (Å²) in [5, 5.41) is 79.2. The fourth-order valence-corrected chi connectivity index (χ4v) is 3.48. The van der Waals surface area contributed by atoms with Crippen molar-refractivity contribution in [1.82, 2.24) is 0 Å². The van der Waals surface area contributed by atoms with Crippen molar-refractivity contribution in [2.45, 2.75) is 68.3 Å². The first kappa shape index (κ1) is 24.1. The number of aliphatic hydroxyl groups is 7. The van der Waals surface area contributed by atoms with Gasteiger partial charge in [-0.2, -0.15) is 0 Å². The molecular weight excluding hydrogens is 420 g/mol. The predicted octanol–water partition coefficient (Wildman–Crippen LogP) is -3.30. The van der Waals surface area contributed by atoms with E-state index in [1.54, 1.807) is 13.0 Å². The van der Waals surface area contributed by atoms with E-state index in [1.807, 2.05) is 0 Å². The van der Waals surface area contributed by atoms with Gasteiger partial charge in [0.2, 0.25) is 6.29 Å². The smallest absolute Gasteiger partial charge is 0.229 e. The largest absolute Gasteiger partial charge is 0.508 e. The van der Waals surface area contributed by atoms with Crippen molar-refractivity contribution < 1.29 is 59.8 Å². The molecule has 0 aliphatic carbocycles. The Balaban J connectivity index is 1.66. The maximum atomic E-state index is 10.2. The summed E-state index contributed by atoms with van der Waals surface area (Å²) in [5.74, 6) is 0.0714. The van der Waals surface area contributed by atoms with Crippen molar-refractivity contribution in [3.8, 4) is 11.5 Å². The first-order valence-corrected chi connectivity index (χ1v) is 9.71. The van der Waals surface area contributed by atoms with E-state index in [0.717, 1.165) is 0 Å². The molecule has 0 bridgehead atoms. The van der Waals surface area contributed by atoms with E-state index in [9.17, 15) is 40.9 Å². The number of phenolic OH excluding ortho intramolecular Hbond substituents is 1. The zero-order valence-corrected chi connectivity index (χ0v) is 16.6. The van der Waals surface area contributed by atoms with E-state index in [0.29, 0.717) is 5.56 Å². The second-order valence-electron chi connectivity index (χ2n) is 7.67. The summed E-state index contributed by atoms with van der Waals surface area (Å²) in [7, 11) is 0. The molecule has 2 saturated heterocycles. The van der Waals surface area contributed by atoms with E-state index >= 15 is 0 Å². The number of aromatic hydroxyl groups is 1. The Morgan fingerprint density at radius 2 is 1.35 bits per heavy atom. The number of ether oxygens (including phenoxy) is 4. The first-order valence-electron chi connectivity index (χ1n) is 9.71. The van der Waals surface area contributed by atoms with Gasteiger partial charge in [-0.05, 0) is 24.6 Å². The Morgan fingerprint density at radius 3 is 1.97 bits per heavy atom. The molecule has 10 unspecified atom stereocenters. The lowest BCUT2D eigenvalue weighted by molar-refractivity contribution is -0.323. The summed E-state index contributed by atoms with van der Waals surface area (Å²) in [6.45, 7) is 0.602. The quantitative estimate of drug-likeness (QED) is 0.216. The maximum Gasteiger partial charge on any atom is 0.229 e. The molecule has 3 rings (SSSR count). The number of hydrogen-bond acceptors (Lipinski definition) is 12. The van der Waals surface area contributed by atoms with Crippen LogP contribution < -0.4 is 4.74 Å². The highest BCUT2D eigenvalue weighted by molar-refractivity contribution is 5.37. The Labute approximate surface area is 177 Å². The Kier molecular flexibility index (Phi) is 7.70. The van der Waals surface area contributed by atoms with E-state index in [1.165, 1.54) is 12.1 Å². The standard InChI is InChI=1S/C19H28O12/c1-7-2-8(21)4-9(3-7)29-19-17(27)15(25)13(23)11(31-19)6-28-18-16(26)14(24)12(22)10(5-20)30-18/h2-4,10-27H,5-6H2,1H3. The Hall–Kier alpha value is -1.58. The molecule has 2 heterocycles. The molecule has 0 aromatic heterocycles. The van der Waals surface area contributed by atoms with Crippen LogP contribution in [0, 0.1) is 6.92 Å².